The van der Waals surface area contributed by atoms with Crippen molar-refractivity contribution in [1.82, 2.24) is 5.32 Å². The maximum Gasteiger partial charge on any atom is 1.00 e. The van der Waals surface area contributed by atoms with Gasteiger partial charge in [-0.2, -0.15) is 6.42 Å². The molecule has 0 radical (unpaired) electrons. The smallest absolute Gasteiger partial charge is 0.542 e. The molecule has 0 unspecified atom stereocenters. The predicted molar refractivity (Wildman–Crippen MR) is 114 cm³/mol. The van der Waals surface area contributed by atoms with Crippen molar-refractivity contribution in [3.05, 3.63) is 12.2 Å². The third-order valence-corrected chi connectivity index (χ3v) is 4.90. The summed E-state index contributed by atoms with van der Waals surface area (Å²) in [5.41, 5.74) is 0. The second-order valence-corrected chi connectivity index (χ2v) is 7.47. The molecule has 0 aromatic rings. The topological polar surface area (TPSA) is 66.4 Å². The van der Waals surface area contributed by atoms with Crippen LogP contribution in [-0.2, 0) is 9.59 Å². The Labute approximate surface area is 195 Å². The number of carboxylic acid groups (broad SMARTS) is 1. The van der Waals surface area contributed by atoms with E-state index in [2.05, 4.69) is 24.4 Å². The van der Waals surface area contributed by atoms with Crippen molar-refractivity contribution in [1.29, 1.82) is 0 Å². The van der Waals surface area contributed by atoms with E-state index in [0.717, 1.165) is 25.8 Å². The first-order chi connectivity index (χ1) is 13.2. The average molecular weight is 404 g/mol. The first-order valence-corrected chi connectivity index (χ1v) is 11.2. The second-order valence-electron chi connectivity index (χ2n) is 7.47. The molecule has 2 N–H and O–H groups in total. The standard InChI is InChI=1S/C18H33O.C5H9NO2.Na/c1-2-3-4-5-6-7-8-9-10-11-12-13-14-15-16-17-18-19;7-5(8)4-2-1-3-6-4;/h9-10H,2-8,11-17H2,1H3;4,6H,1-3H2,(H,7,8);/q-1;;+1/b10-9-;;/t;4-;/m.0./s1. The molecule has 0 aliphatic carbocycles. The summed E-state index contributed by atoms with van der Waals surface area (Å²) in [6.45, 7) is 3.13. The molecule has 0 amide bonds. The number of carbonyl (C=O) groups is 1. The van der Waals surface area contributed by atoms with Gasteiger partial charge in [0.1, 0.15) is 6.04 Å². The summed E-state index contributed by atoms with van der Waals surface area (Å²) in [4.78, 5) is 20.1. The van der Waals surface area contributed by atoms with E-state index in [1.807, 2.05) is 6.29 Å². The van der Waals surface area contributed by atoms with Gasteiger partial charge in [-0.1, -0.05) is 76.9 Å². The molecule has 1 heterocycles. The van der Waals surface area contributed by atoms with Gasteiger partial charge in [0.2, 0.25) is 0 Å². The van der Waals surface area contributed by atoms with E-state index in [1.54, 1.807) is 0 Å². The van der Waals surface area contributed by atoms with Gasteiger partial charge in [0.15, 0.2) is 0 Å². The fourth-order valence-corrected chi connectivity index (χ4v) is 3.16. The summed E-state index contributed by atoms with van der Waals surface area (Å²) in [5.74, 6) is -0.720. The van der Waals surface area contributed by atoms with Crippen LogP contribution in [0.2, 0.25) is 0 Å². The van der Waals surface area contributed by atoms with Crippen LogP contribution in [0.3, 0.4) is 0 Å². The second kappa shape index (κ2) is 24.9. The van der Waals surface area contributed by atoms with E-state index in [-0.39, 0.29) is 35.6 Å². The zero-order valence-corrected chi connectivity index (χ0v) is 20.5. The van der Waals surface area contributed by atoms with Crippen molar-refractivity contribution in [2.24, 2.45) is 0 Å². The monoisotopic (exact) mass is 403 g/mol. The Morgan fingerprint density at radius 1 is 0.964 bits per heavy atom. The van der Waals surface area contributed by atoms with E-state index in [1.165, 1.54) is 77.0 Å². The third kappa shape index (κ3) is 22.1. The van der Waals surface area contributed by atoms with Gasteiger partial charge in [0.05, 0.1) is 0 Å². The maximum atomic E-state index is 10.1. The van der Waals surface area contributed by atoms with Crippen LogP contribution in [0.15, 0.2) is 12.2 Å². The summed E-state index contributed by atoms with van der Waals surface area (Å²) in [5, 5.41) is 11.2. The molecule has 1 saturated heterocycles. The van der Waals surface area contributed by atoms with Gasteiger partial charge in [-0.05, 0) is 45.1 Å². The Balaban J connectivity index is 0. The summed E-state index contributed by atoms with van der Waals surface area (Å²) in [6.07, 6.45) is 26.0. The van der Waals surface area contributed by atoms with Gasteiger partial charge in [0.25, 0.3) is 0 Å². The molecule has 5 heteroatoms. The fourth-order valence-electron chi connectivity index (χ4n) is 3.16. The molecule has 158 valence electrons. The number of unbranched alkanes of at least 4 members (excludes halogenated alkanes) is 12. The molecule has 28 heavy (non-hydrogen) atoms. The van der Waals surface area contributed by atoms with Gasteiger partial charge in [-0.25, -0.2) is 0 Å². The number of carboxylic acids is 1. The molecular formula is C23H42NNaO3. The number of hydrogen-bond donors (Lipinski definition) is 2. The average Bonchev–Trinajstić information content (AvgIpc) is 3.21. The molecule has 0 aromatic heterocycles. The first kappa shape index (κ1) is 30.0. The normalized spacial score (nSPS) is 15.7. The third-order valence-electron chi connectivity index (χ3n) is 4.90. The first-order valence-electron chi connectivity index (χ1n) is 11.2. The Hall–Kier alpha value is -0.160. The summed E-state index contributed by atoms with van der Waals surface area (Å²) in [7, 11) is 0. The molecule has 4 nitrogen and oxygen atoms in total. The Morgan fingerprint density at radius 3 is 1.93 bits per heavy atom. The van der Waals surface area contributed by atoms with Crippen LogP contribution in [0.1, 0.15) is 110 Å². The summed E-state index contributed by atoms with van der Waals surface area (Å²) < 4.78 is 0. The number of hydrogen-bond acceptors (Lipinski definition) is 3. The molecule has 1 aliphatic rings. The molecule has 0 spiro atoms. The number of carbonyl (C=O) groups excluding carboxylic acids is 1. The van der Waals surface area contributed by atoms with Crippen LogP contribution in [0.5, 0.6) is 0 Å². The van der Waals surface area contributed by atoms with Crippen molar-refractivity contribution in [3.8, 4) is 0 Å². The van der Waals surface area contributed by atoms with Gasteiger partial charge in [-0.15, -0.1) is 0 Å². The number of allylic oxidation sites excluding steroid dienone is 2. The Morgan fingerprint density at radius 2 is 1.50 bits per heavy atom. The van der Waals surface area contributed by atoms with Crippen molar-refractivity contribution >= 4 is 12.3 Å². The van der Waals surface area contributed by atoms with Crippen molar-refractivity contribution in [3.63, 3.8) is 0 Å². The quantitative estimate of drug-likeness (QED) is 0.180. The van der Waals surface area contributed by atoms with E-state index < -0.39 is 5.97 Å². The molecule has 1 aliphatic heterocycles. The summed E-state index contributed by atoms with van der Waals surface area (Å²) >= 11 is 0. The van der Waals surface area contributed by atoms with Gasteiger partial charge < -0.3 is 15.2 Å². The van der Waals surface area contributed by atoms with Crippen LogP contribution in [0.4, 0.5) is 0 Å². The SMILES string of the molecule is CCCCCCCC/C=C\CCCCCCC[C-]=O.O=C(O)[C@@H]1CCCN1.[Na+]. The van der Waals surface area contributed by atoms with Crippen molar-refractivity contribution in [2.45, 2.75) is 116 Å². The number of aliphatic carboxylic acids is 1. The van der Waals surface area contributed by atoms with Crippen LogP contribution in [0.25, 0.3) is 0 Å². The molecule has 0 aromatic carbocycles. The number of rotatable bonds is 16. The maximum absolute atomic E-state index is 10.1. The minimum Gasteiger partial charge on any atom is -0.542 e. The number of nitrogens with one attached hydrogen (secondary N) is 1. The van der Waals surface area contributed by atoms with Crippen LogP contribution >= 0.6 is 0 Å². The molecular weight excluding hydrogens is 361 g/mol. The fraction of sp³-hybridized carbons (Fsp3) is 0.826. The molecule has 1 atom stereocenters. The van der Waals surface area contributed by atoms with Gasteiger partial charge >= 0.3 is 35.5 Å². The minimum absolute atomic E-state index is 0. The Kier molecular flexibility index (Phi) is 26.7. The zero-order chi connectivity index (χ0) is 20.0. The van der Waals surface area contributed by atoms with Crippen molar-refractivity contribution < 1.29 is 44.3 Å². The van der Waals surface area contributed by atoms with Gasteiger partial charge in [-0.3, -0.25) is 11.1 Å². The molecule has 0 saturated carbocycles. The Bertz CT molecular complexity index is 369. The molecule has 1 rings (SSSR count). The molecule has 1 fully saturated rings. The van der Waals surface area contributed by atoms with Crippen LogP contribution < -0.4 is 34.9 Å². The van der Waals surface area contributed by atoms with Gasteiger partial charge in [0, 0.05) is 0 Å². The van der Waals surface area contributed by atoms with Crippen LogP contribution in [-0.4, -0.2) is 29.9 Å². The van der Waals surface area contributed by atoms with E-state index in [4.69, 9.17) is 5.11 Å². The summed E-state index contributed by atoms with van der Waals surface area (Å²) in [6, 6.07) is -0.269. The van der Waals surface area contributed by atoms with E-state index in [0.29, 0.717) is 6.42 Å². The van der Waals surface area contributed by atoms with Crippen LogP contribution in [0, 0.1) is 0 Å². The molecule has 0 bridgehead atoms. The zero-order valence-electron chi connectivity index (χ0n) is 18.5. The van der Waals surface area contributed by atoms with E-state index in [9.17, 15) is 9.59 Å². The predicted octanol–water partition coefficient (Wildman–Crippen LogP) is 2.96. The van der Waals surface area contributed by atoms with Crippen molar-refractivity contribution in [2.75, 3.05) is 6.54 Å². The minimum atomic E-state index is -0.720. The van der Waals surface area contributed by atoms with E-state index >= 15 is 0 Å². The largest absolute Gasteiger partial charge is 1.00 e.